The molecule has 1 atom stereocenters. The van der Waals surface area contributed by atoms with Crippen LogP contribution < -0.4 is 0 Å². The summed E-state index contributed by atoms with van der Waals surface area (Å²) in [4.78, 5) is 13.7. The molecule has 1 aliphatic rings. The molecule has 5 rings (SSSR count). The van der Waals surface area contributed by atoms with E-state index in [0.717, 1.165) is 49.0 Å². The second-order valence-corrected chi connectivity index (χ2v) is 9.93. The Kier molecular flexibility index (Phi) is 6.85. The van der Waals surface area contributed by atoms with Gasteiger partial charge in [-0.1, -0.05) is 90.0 Å². The third-order valence-electron chi connectivity index (χ3n) is 7.41. The first-order valence-electron chi connectivity index (χ1n) is 12.7. The zero-order valence-electron chi connectivity index (χ0n) is 21.3. The molecule has 3 aromatic carbocycles. The van der Waals surface area contributed by atoms with Crippen molar-refractivity contribution in [2.24, 2.45) is 0 Å². The van der Waals surface area contributed by atoms with E-state index in [1.54, 1.807) is 0 Å². The van der Waals surface area contributed by atoms with Gasteiger partial charge in [0.05, 0.1) is 17.8 Å². The number of aromatic nitrogens is 2. The Balaban J connectivity index is 1.33. The molecule has 4 nitrogen and oxygen atoms in total. The Morgan fingerprint density at radius 2 is 1.20 bits per heavy atom. The van der Waals surface area contributed by atoms with Crippen LogP contribution in [0.3, 0.4) is 0 Å². The minimum atomic E-state index is 0.281. The van der Waals surface area contributed by atoms with E-state index in [-0.39, 0.29) is 12.1 Å². The topological polar surface area (TPSA) is 35.2 Å². The van der Waals surface area contributed by atoms with Crippen molar-refractivity contribution >= 4 is 0 Å². The molecule has 0 spiro atoms. The van der Waals surface area contributed by atoms with E-state index in [1.165, 1.54) is 22.3 Å². The standard InChI is InChI=1S/C31H36N4/c1-22-10-14-26(15-11-22)30(27-16-12-23(2)13-17-27)35-20-18-34(19-21-35)25(4)29-24(3)32-31(33-29)28-8-6-5-7-9-28/h5-17,25,30H,18-21H2,1-4H3,(H,32,33). The summed E-state index contributed by atoms with van der Waals surface area (Å²) in [5, 5.41) is 0. The molecule has 1 unspecified atom stereocenters. The van der Waals surface area contributed by atoms with Gasteiger partial charge in [0, 0.05) is 37.4 Å². The molecule has 4 heteroatoms. The Morgan fingerprint density at radius 3 is 1.74 bits per heavy atom. The molecule has 1 N–H and O–H groups in total. The van der Waals surface area contributed by atoms with Crippen LogP contribution in [0.2, 0.25) is 0 Å². The number of aromatic amines is 1. The zero-order chi connectivity index (χ0) is 24.4. The SMILES string of the molecule is Cc1ccc(C(c2ccc(C)cc2)N2CCN(C(C)c3nc(-c4ccccc4)[nH]c3C)CC2)cc1. The van der Waals surface area contributed by atoms with Crippen molar-refractivity contribution in [3.05, 3.63) is 113 Å². The van der Waals surface area contributed by atoms with Gasteiger partial charge in [0.1, 0.15) is 5.82 Å². The summed E-state index contributed by atoms with van der Waals surface area (Å²) in [5.41, 5.74) is 8.81. The number of aryl methyl sites for hydroxylation is 3. The predicted molar refractivity (Wildman–Crippen MR) is 145 cm³/mol. The minimum Gasteiger partial charge on any atom is -0.342 e. The van der Waals surface area contributed by atoms with Crippen LogP contribution in [0.1, 0.15) is 52.6 Å². The van der Waals surface area contributed by atoms with Crippen molar-refractivity contribution in [2.75, 3.05) is 26.2 Å². The van der Waals surface area contributed by atoms with Crippen LogP contribution in [0.15, 0.2) is 78.9 Å². The highest BCUT2D eigenvalue weighted by molar-refractivity contribution is 5.55. The Bertz CT molecular complexity index is 1190. The quantitative estimate of drug-likeness (QED) is 0.355. The molecule has 1 aromatic heterocycles. The van der Waals surface area contributed by atoms with Crippen molar-refractivity contribution < 1.29 is 0 Å². The second kappa shape index (κ2) is 10.2. The van der Waals surface area contributed by atoms with Gasteiger partial charge in [-0.25, -0.2) is 4.98 Å². The number of hydrogen-bond acceptors (Lipinski definition) is 3. The fourth-order valence-corrected chi connectivity index (χ4v) is 5.28. The number of piperazine rings is 1. The first-order chi connectivity index (χ1) is 17.0. The molecule has 35 heavy (non-hydrogen) atoms. The smallest absolute Gasteiger partial charge is 0.137 e. The first kappa shape index (κ1) is 23.5. The van der Waals surface area contributed by atoms with Gasteiger partial charge < -0.3 is 4.98 Å². The van der Waals surface area contributed by atoms with Gasteiger partial charge in [0.25, 0.3) is 0 Å². The average molecular weight is 465 g/mol. The summed E-state index contributed by atoms with van der Waals surface area (Å²) in [6.07, 6.45) is 0. The fraction of sp³-hybridized carbons (Fsp3) is 0.323. The maximum absolute atomic E-state index is 5.01. The van der Waals surface area contributed by atoms with Crippen molar-refractivity contribution in [2.45, 2.75) is 39.8 Å². The van der Waals surface area contributed by atoms with Gasteiger partial charge in [0.2, 0.25) is 0 Å². The Morgan fingerprint density at radius 1 is 0.686 bits per heavy atom. The van der Waals surface area contributed by atoms with E-state index < -0.39 is 0 Å². The number of imidazole rings is 1. The highest BCUT2D eigenvalue weighted by atomic mass is 15.3. The maximum Gasteiger partial charge on any atom is 0.137 e. The number of rotatable bonds is 6. The van der Waals surface area contributed by atoms with E-state index in [1.807, 2.05) is 6.07 Å². The normalized spacial score (nSPS) is 16.0. The summed E-state index contributed by atoms with van der Waals surface area (Å²) >= 11 is 0. The third-order valence-corrected chi connectivity index (χ3v) is 7.41. The summed E-state index contributed by atoms with van der Waals surface area (Å²) in [6.45, 7) is 12.9. The van der Waals surface area contributed by atoms with Crippen LogP contribution in [0.25, 0.3) is 11.4 Å². The Hall–Kier alpha value is -3.21. The molecule has 2 heterocycles. The van der Waals surface area contributed by atoms with Crippen molar-refractivity contribution in [3.8, 4) is 11.4 Å². The molecule has 1 saturated heterocycles. The third kappa shape index (κ3) is 5.09. The molecule has 1 aliphatic heterocycles. The van der Waals surface area contributed by atoms with Crippen LogP contribution >= 0.6 is 0 Å². The van der Waals surface area contributed by atoms with E-state index in [9.17, 15) is 0 Å². The molecular weight excluding hydrogens is 428 g/mol. The summed E-state index contributed by atoms with van der Waals surface area (Å²) in [6, 6.07) is 29.1. The first-order valence-corrected chi connectivity index (χ1v) is 12.7. The lowest BCUT2D eigenvalue weighted by Gasteiger charge is -2.41. The molecule has 0 bridgehead atoms. The lowest BCUT2D eigenvalue weighted by Crippen LogP contribution is -2.48. The summed E-state index contributed by atoms with van der Waals surface area (Å²) in [7, 11) is 0. The van der Waals surface area contributed by atoms with Gasteiger partial charge in [-0.3, -0.25) is 9.80 Å². The van der Waals surface area contributed by atoms with Gasteiger partial charge in [-0.2, -0.15) is 0 Å². The number of nitrogens with one attached hydrogen (secondary N) is 1. The molecule has 4 aromatic rings. The predicted octanol–water partition coefficient (Wildman–Crippen LogP) is 6.47. The number of benzene rings is 3. The van der Waals surface area contributed by atoms with Gasteiger partial charge in [0.15, 0.2) is 0 Å². The second-order valence-electron chi connectivity index (χ2n) is 9.93. The molecule has 0 amide bonds. The van der Waals surface area contributed by atoms with E-state index in [4.69, 9.17) is 4.98 Å². The van der Waals surface area contributed by atoms with E-state index in [2.05, 4.69) is 115 Å². The van der Waals surface area contributed by atoms with Gasteiger partial charge in [-0.05, 0) is 38.8 Å². The van der Waals surface area contributed by atoms with Crippen LogP contribution in [0, 0.1) is 20.8 Å². The van der Waals surface area contributed by atoms with Crippen LogP contribution in [-0.2, 0) is 0 Å². The maximum atomic E-state index is 5.01. The van der Waals surface area contributed by atoms with E-state index in [0.29, 0.717) is 0 Å². The average Bonchev–Trinajstić information content (AvgIpc) is 3.28. The molecular formula is C31H36N4. The number of nitrogens with zero attached hydrogens (tertiary/aromatic N) is 3. The molecule has 180 valence electrons. The highest BCUT2D eigenvalue weighted by Gasteiger charge is 2.30. The largest absolute Gasteiger partial charge is 0.342 e. The van der Waals surface area contributed by atoms with Crippen molar-refractivity contribution in [3.63, 3.8) is 0 Å². The van der Waals surface area contributed by atoms with Crippen LogP contribution in [-0.4, -0.2) is 45.9 Å². The Labute approximate surface area is 209 Å². The number of H-pyrrole nitrogens is 1. The lowest BCUT2D eigenvalue weighted by atomic mass is 9.95. The highest BCUT2D eigenvalue weighted by Crippen LogP contribution is 2.32. The van der Waals surface area contributed by atoms with E-state index >= 15 is 0 Å². The number of hydrogen-bond donors (Lipinski definition) is 1. The van der Waals surface area contributed by atoms with Crippen molar-refractivity contribution in [1.82, 2.24) is 19.8 Å². The lowest BCUT2D eigenvalue weighted by molar-refractivity contribution is 0.0826. The van der Waals surface area contributed by atoms with Gasteiger partial charge in [-0.15, -0.1) is 0 Å². The summed E-state index contributed by atoms with van der Waals surface area (Å²) in [5.74, 6) is 0.961. The molecule has 0 saturated carbocycles. The van der Waals surface area contributed by atoms with Crippen LogP contribution in [0.5, 0.6) is 0 Å². The summed E-state index contributed by atoms with van der Waals surface area (Å²) < 4.78 is 0. The van der Waals surface area contributed by atoms with Gasteiger partial charge >= 0.3 is 0 Å². The molecule has 0 radical (unpaired) electrons. The molecule has 0 aliphatic carbocycles. The van der Waals surface area contributed by atoms with Crippen molar-refractivity contribution in [1.29, 1.82) is 0 Å². The van der Waals surface area contributed by atoms with Crippen LogP contribution in [0.4, 0.5) is 0 Å². The monoisotopic (exact) mass is 464 g/mol. The molecule has 1 fully saturated rings. The fourth-order valence-electron chi connectivity index (χ4n) is 5.28. The zero-order valence-corrected chi connectivity index (χ0v) is 21.3. The minimum absolute atomic E-state index is 0.281.